The quantitative estimate of drug-likeness (QED) is 0.697. The van der Waals surface area contributed by atoms with E-state index in [1.807, 2.05) is 30.3 Å². The number of carbonyl (C=O) groups is 1. The van der Waals surface area contributed by atoms with Gasteiger partial charge in [-0.25, -0.2) is 13.2 Å². The summed E-state index contributed by atoms with van der Waals surface area (Å²) in [5.41, 5.74) is 1.63. The zero-order chi connectivity index (χ0) is 21.6. The molecule has 0 bridgehead atoms. The van der Waals surface area contributed by atoms with E-state index in [1.165, 1.54) is 0 Å². The second-order valence-electron chi connectivity index (χ2n) is 8.03. The van der Waals surface area contributed by atoms with Gasteiger partial charge in [-0.15, -0.1) is 0 Å². The smallest absolute Gasteiger partial charge is 0.315 e. The predicted molar refractivity (Wildman–Crippen MR) is 118 cm³/mol. The van der Waals surface area contributed by atoms with Crippen molar-refractivity contribution in [1.29, 1.82) is 0 Å². The van der Waals surface area contributed by atoms with E-state index in [2.05, 4.69) is 24.5 Å². The standard InChI is InChI=1S/C23H31N3O3S/c1-18(2)22(19-11-5-3-6-12-19)25-23(27)24-17-20-13-7-8-14-21(20)30(28,29)26-15-9-4-10-16-26/h3,5-8,11-14,18,22H,4,9-10,15-17H2,1-2H3,(H2,24,25,27). The Kier molecular flexibility index (Phi) is 7.50. The van der Waals surface area contributed by atoms with Crippen LogP contribution in [0.2, 0.25) is 0 Å². The van der Waals surface area contributed by atoms with E-state index in [0.717, 1.165) is 24.8 Å². The monoisotopic (exact) mass is 429 g/mol. The van der Waals surface area contributed by atoms with E-state index in [9.17, 15) is 13.2 Å². The molecule has 0 spiro atoms. The van der Waals surface area contributed by atoms with Crippen molar-refractivity contribution in [3.8, 4) is 0 Å². The minimum Gasteiger partial charge on any atom is -0.334 e. The van der Waals surface area contributed by atoms with Crippen molar-refractivity contribution in [3.63, 3.8) is 0 Å². The van der Waals surface area contributed by atoms with Gasteiger partial charge in [0, 0.05) is 19.6 Å². The van der Waals surface area contributed by atoms with Crippen LogP contribution in [0.3, 0.4) is 0 Å². The van der Waals surface area contributed by atoms with Crippen molar-refractivity contribution in [3.05, 3.63) is 65.7 Å². The van der Waals surface area contributed by atoms with Gasteiger partial charge in [0.1, 0.15) is 0 Å². The van der Waals surface area contributed by atoms with Gasteiger partial charge in [0.05, 0.1) is 10.9 Å². The lowest BCUT2D eigenvalue weighted by molar-refractivity contribution is 0.232. The third kappa shape index (κ3) is 5.40. The number of rotatable bonds is 7. The number of hydrogen-bond acceptors (Lipinski definition) is 3. The molecule has 1 aliphatic rings. The maximum Gasteiger partial charge on any atom is 0.315 e. The van der Waals surface area contributed by atoms with E-state index in [-0.39, 0.29) is 29.4 Å². The second kappa shape index (κ2) is 10.1. The molecule has 0 aromatic heterocycles. The molecule has 2 aromatic rings. The largest absolute Gasteiger partial charge is 0.334 e. The molecule has 6 nitrogen and oxygen atoms in total. The summed E-state index contributed by atoms with van der Waals surface area (Å²) in [6.07, 6.45) is 2.84. The fourth-order valence-electron chi connectivity index (χ4n) is 3.81. The van der Waals surface area contributed by atoms with E-state index < -0.39 is 10.0 Å². The highest BCUT2D eigenvalue weighted by Crippen LogP contribution is 2.24. The number of benzene rings is 2. The number of urea groups is 1. The summed E-state index contributed by atoms with van der Waals surface area (Å²) in [6.45, 7) is 5.36. The van der Waals surface area contributed by atoms with Gasteiger partial charge in [0.15, 0.2) is 0 Å². The number of carbonyl (C=O) groups excluding carboxylic acids is 1. The molecule has 0 saturated carbocycles. The number of sulfonamides is 1. The lowest BCUT2D eigenvalue weighted by atomic mass is 9.96. The summed E-state index contributed by atoms with van der Waals surface area (Å²) < 4.78 is 27.8. The average Bonchev–Trinajstić information content (AvgIpc) is 2.77. The zero-order valence-electron chi connectivity index (χ0n) is 17.7. The average molecular weight is 430 g/mol. The van der Waals surface area contributed by atoms with Crippen molar-refractivity contribution in [2.45, 2.75) is 50.6 Å². The topological polar surface area (TPSA) is 78.5 Å². The summed E-state index contributed by atoms with van der Waals surface area (Å²) in [6, 6.07) is 16.3. The molecule has 0 radical (unpaired) electrons. The molecule has 1 unspecified atom stereocenters. The fraction of sp³-hybridized carbons (Fsp3) is 0.435. The lowest BCUT2D eigenvalue weighted by Crippen LogP contribution is -2.40. The van der Waals surface area contributed by atoms with Crippen molar-refractivity contribution >= 4 is 16.1 Å². The van der Waals surface area contributed by atoms with E-state index in [0.29, 0.717) is 18.7 Å². The van der Waals surface area contributed by atoms with Crippen LogP contribution in [0.1, 0.15) is 50.3 Å². The Bertz CT molecular complexity index is 939. The van der Waals surface area contributed by atoms with Crippen LogP contribution in [0.25, 0.3) is 0 Å². The Labute approximate surface area is 179 Å². The van der Waals surface area contributed by atoms with Crippen molar-refractivity contribution in [1.82, 2.24) is 14.9 Å². The van der Waals surface area contributed by atoms with Gasteiger partial charge < -0.3 is 10.6 Å². The number of nitrogens with one attached hydrogen (secondary N) is 2. The van der Waals surface area contributed by atoms with Crippen LogP contribution in [-0.2, 0) is 16.6 Å². The van der Waals surface area contributed by atoms with Crippen LogP contribution in [0.15, 0.2) is 59.5 Å². The highest BCUT2D eigenvalue weighted by Gasteiger charge is 2.28. The molecule has 162 valence electrons. The number of piperidine rings is 1. The second-order valence-corrected chi connectivity index (χ2v) is 9.94. The molecule has 3 rings (SSSR count). The summed E-state index contributed by atoms with van der Waals surface area (Å²) >= 11 is 0. The number of amides is 2. The summed E-state index contributed by atoms with van der Waals surface area (Å²) in [5, 5.41) is 5.85. The summed E-state index contributed by atoms with van der Waals surface area (Å²) in [7, 11) is -3.56. The van der Waals surface area contributed by atoms with Crippen molar-refractivity contribution in [2.24, 2.45) is 5.92 Å². The summed E-state index contributed by atoms with van der Waals surface area (Å²) in [4.78, 5) is 12.9. The van der Waals surface area contributed by atoms with Gasteiger partial charge in [-0.1, -0.05) is 68.8 Å². The van der Waals surface area contributed by atoms with Gasteiger partial charge in [-0.3, -0.25) is 0 Å². The first-order valence-corrected chi connectivity index (χ1v) is 12.0. The number of hydrogen-bond donors (Lipinski definition) is 2. The molecule has 2 amide bonds. The van der Waals surface area contributed by atoms with E-state index >= 15 is 0 Å². The van der Waals surface area contributed by atoms with Crippen LogP contribution >= 0.6 is 0 Å². The molecule has 2 aromatic carbocycles. The van der Waals surface area contributed by atoms with Crippen LogP contribution in [-0.4, -0.2) is 31.8 Å². The Hall–Kier alpha value is -2.38. The van der Waals surface area contributed by atoms with Gasteiger partial charge in [0.2, 0.25) is 10.0 Å². The Morgan fingerprint density at radius 3 is 2.27 bits per heavy atom. The molecule has 1 atom stereocenters. The number of nitrogens with zero attached hydrogens (tertiary/aromatic N) is 1. The Morgan fingerprint density at radius 2 is 1.60 bits per heavy atom. The van der Waals surface area contributed by atoms with Gasteiger partial charge >= 0.3 is 6.03 Å². The molecule has 1 saturated heterocycles. The van der Waals surface area contributed by atoms with Crippen molar-refractivity contribution < 1.29 is 13.2 Å². The van der Waals surface area contributed by atoms with Crippen LogP contribution in [0, 0.1) is 5.92 Å². The Balaban J connectivity index is 1.69. The first-order chi connectivity index (χ1) is 14.4. The van der Waals surface area contributed by atoms with Crippen LogP contribution < -0.4 is 10.6 Å². The zero-order valence-corrected chi connectivity index (χ0v) is 18.5. The molecule has 1 aliphatic heterocycles. The highest BCUT2D eigenvalue weighted by atomic mass is 32.2. The van der Waals surface area contributed by atoms with Gasteiger partial charge in [0.25, 0.3) is 0 Å². The SMILES string of the molecule is CC(C)C(NC(=O)NCc1ccccc1S(=O)(=O)N1CCCCC1)c1ccccc1. The van der Waals surface area contributed by atoms with E-state index in [1.54, 1.807) is 28.6 Å². The minimum atomic E-state index is -3.56. The third-order valence-corrected chi connectivity index (χ3v) is 7.46. The maximum absolute atomic E-state index is 13.1. The van der Waals surface area contributed by atoms with E-state index in [4.69, 9.17) is 0 Å². The third-order valence-electron chi connectivity index (χ3n) is 5.46. The highest BCUT2D eigenvalue weighted by molar-refractivity contribution is 7.89. The normalized spacial score (nSPS) is 16.2. The van der Waals surface area contributed by atoms with Crippen LogP contribution in [0.4, 0.5) is 4.79 Å². The van der Waals surface area contributed by atoms with Gasteiger partial charge in [-0.2, -0.15) is 4.31 Å². The molecular formula is C23H31N3O3S. The molecular weight excluding hydrogens is 398 g/mol. The van der Waals surface area contributed by atoms with Crippen LogP contribution in [0.5, 0.6) is 0 Å². The molecule has 30 heavy (non-hydrogen) atoms. The fourth-order valence-corrected chi connectivity index (χ4v) is 5.55. The first kappa shape index (κ1) is 22.3. The van der Waals surface area contributed by atoms with Crippen molar-refractivity contribution in [2.75, 3.05) is 13.1 Å². The van der Waals surface area contributed by atoms with Gasteiger partial charge in [-0.05, 0) is 36.0 Å². The molecule has 1 heterocycles. The molecule has 7 heteroatoms. The minimum absolute atomic E-state index is 0.126. The molecule has 2 N–H and O–H groups in total. The maximum atomic E-state index is 13.1. The summed E-state index contributed by atoms with van der Waals surface area (Å²) in [5.74, 6) is 0.213. The lowest BCUT2D eigenvalue weighted by Gasteiger charge is -2.27. The predicted octanol–water partition coefficient (Wildman–Crippen LogP) is 4.06. The Morgan fingerprint density at radius 1 is 0.967 bits per heavy atom. The first-order valence-electron chi connectivity index (χ1n) is 10.6. The molecule has 0 aliphatic carbocycles. The molecule has 1 fully saturated rings.